The minimum Gasteiger partial charge on any atom is -0.341 e. The number of nitrogens with two attached hydrogens (primary N) is 1. The molecule has 0 bridgehead atoms. The van der Waals surface area contributed by atoms with E-state index >= 15 is 0 Å². The van der Waals surface area contributed by atoms with Crippen LogP contribution in [0.1, 0.15) is 24.1 Å². The summed E-state index contributed by atoms with van der Waals surface area (Å²) in [7, 11) is 3.66. The number of carbonyl (C=O) groups excluding carboxylic acids is 1. The first-order valence-electron chi connectivity index (χ1n) is 7.02. The zero-order valence-electron chi connectivity index (χ0n) is 12.7. The van der Waals surface area contributed by atoms with Crippen molar-refractivity contribution in [3.63, 3.8) is 0 Å². The molecule has 0 spiro atoms. The second-order valence-corrected chi connectivity index (χ2v) is 5.44. The number of rotatable bonds is 5. The number of hydrogen-bond acceptors (Lipinski definition) is 3. The standard InChI is InChI=1S/C16H22N4O/c1-12(15(17)14-7-5-4-6-8-14)16(21)19(2)10-13-9-18-20(3)11-13/h4-9,11-12,15H,10,17H2,1-3H3. The van der Waals surface area contributed by atoms with Gasteiger partial charge in [-0.15, -0.1) is 0 Å². The smallest absolute Gasteiger partial charge is 0.227 e. The van der Waals surface area contributed by atoms with Crippen molar-refractivity contribution in [3.05, 3.63) is 53.9 Å². The van der Waals surface area contributed by atoms with Gasteiger partial charge in [-0.3, -0.25) is 9.48 Å². The molecule has 0 radical (unpaired) electrons. The number of carbonyl (C=O) groups is 1. The Bertz CT molecular complexity index is 593. The molecule has 0 aliphatic carbocycles. The van der Waals surface area contributed by atoms with Crippen LogP contribution in [0.3, 0.4) is 0 Å². The Hall–Kier alpha value is -2.14. The molecule has 5 nitrogen and oxygen atoms in total. The largest absolute Gasteiger partial charge is 0.341 e. The number of aryl methyl sites for hydroxylation is 1. The van der Waals surface area contributed by atoms with Crippen LogP contribution in [-0.4, -0.2) is 27.6 Å². The molecule has 2 atom stereocenters. The van der Waals surface area contributed by atoms with Crippen LogP contribution in [0, 0.1) is 5.92 Å². The molecule has 1 amide bonds. The summed E-state index contributed by atoms with van der Waals surface area (Å²) in [6.07, 6.45) is 3.68. The van der Waals surface area contributed by atoms with Gasteiger partial charge in [0.1, 0.15) is 0 Å². The van der Waals surface area contributed by atoms with E-state index in [9.17, 15) is 4.79 Å². The third-order valence-corrected chi connectivity index (χ3v) is 3.67. The fraction of sp³-hybridized carbons (Fsp3) is 0.375. The zero-order chi connectivity index (χ0) is 15.4. The van der Waals surface area contributed by atoms with E-state index in [1.54, 1.807) is 22.8 Å². The fourth-order valence-electron chi connectivity index (χ4n) is 2.37. The second-order valence-electron chi connectivity index (χ2n) is 5.44. The average molecular weight is 286 g/mol. The molecule has 2 N–H and O–H groups in total. The Balaban J connectivity index is 2.01. The maximum Gasteiger partial charge on any atom is 0.227 e. The van der Waals surface area contributed by atoms with Gasteiger partial charge in [0.25, 0.3) is 0 Å². The molecule has 2 unspecified atom stereocenters. The Kier molecular flexibility index (Phi) is 4.75. The lowest BCUT2D eigenvalue weighted by atomic mass is 9.94. The topological polar surface area (TPSA) is 64.2 Å². The van der Waals surface area contributed by atoms with Gasteiger partial charge in [-0.1, -0.05) is 37.3 Å². The third kappa shape index (κ3) is 3.70. The summed E-state index contributed by atoms with van der Waals surface area (Å²) in [5.41, 5.74) is 8.20. The minimum absolute atomic E-state index is 0.0372. The molecule has 2 rings (SSSR count). The maximum absolute atomic E-state index is 12.5. The average Bonchev–Trinajstić information content (AvgIpc) is 2.90. The van der Waals surface area contributed by atoms with Gasteiger partial charge in [0.05, 0.1) is 12.1 Å². The lowest BCUT2D eigenvalue weighted by Crippen LogP contribution is -2.36. The van der Waals surface area contributed by atoms with Crippen molar-refractivity contribution < 1.29 is 4.79 Å². The fourth-order valence-corrected chi connectivity index (χ4v) is 2.37. The zero-order valence-corrected chi connectivity index (χ0v) is 12.7. The van der Waals surface area contributed by atoms with E-state index in [1.807, 2.05) is 50.5 Å². The number of nitrogens with zero attached hydrogens (tertiary/aromatic N) is 3. The summed E-state index contributed by atoms with van der Waals surface area (Å²) >= 11 is 0. The van der Waals surface area contributed by atoms with Gasteiger partial charge in [0, 0.05) is 38.4 Å². The van der Waals surface area contributed by atoms with Gasteiger partial charge in [-0.05, 0) is 5.56 Å². The maximum atomic E-state index is 12.5. The van der Waals surface area contributed by atoms with Crippen LogP contribution in [0.4, 0.5) is 0 Å². The highest BCUT2D eigenvalue weighted by Gasteiger charge is 2.25. The highest BCUT2D eigenvalue weighted by Crippen LogP contribution is 2.21. The van der Waals surface area contributed by atoms with E-state index in [-0.39, 0.29) is 17.9 Å². The number of amides is 1. The number of hydrogen-bond donors (Lipinski definition) is 1. The van der Waals surface area contributed by atoms with E-state index in [1.165, 1.54) is 0 Å². The second kappa shape index (κ2) is 6.54. The number of aromatic nitrogens is 2. The van der Waals surface area contributed by atoms with E-state index in [0.29, 0.717) is 6.54 Å². The first-order chi connectivity index (χ1) is 9.99. The molecule has 2 aromatic rings. The van der Waals surface area contributed by atoms with Gasteiger partial charge >= 0.3 is 0 Å². The van der Waals surface area contributed by atoms with Crippen LogP contribution >= 0.6 is 0 Å². The van der Waals surface area contributed by atoms with Gasteiger partial charge in [0.15, 0.2) is 0 Å². The van der Waals surface area contributed by atoms with Crippen molar-refractivity contribution in [2.75, 3.05) is 7.05 Å². The molecule has 112 valence electrons. The Morgan fingerprint density at radius 3 is 2.62 bits per heavy atom. The van der Waals surface area contributed by atoms with Crippen LogP contribution in [-0.2, 0) is 18.4 Å². The third-order valence-electron chi connectivity index (χ3n) is 3.67. The molecule has 1 aromatic heterocycles. The Morgan fingerprint density at radius 1 is 1.38 bits per heavy atom. The predicted molar refractivity (Wildman–Crippen MR) is 82.2 cm³/mol. The monoisotopic (exact) mass is 286 g/mol. The van der Waals surface area contributed by atoms with E-state index < -0.39 is 0 Å². The molecular formula is C16H22N4O. The summed E-state index contributed by atoms with van der Waals surface area (Å²) in [5, 5.41) is 4.11. The van der Waals surface area contributed by atoms with Gasteiger partial charge in [0.2, 0.25) is 5.91 Å². The van der Waals surface area contributed by atoms with Crippen LogP contribution < -0.4 is 5.73 Å². The summed E-state index contributed by atoms with van der Waals surface area (Å²) in [6.45, 7) is 2.41. The summed E-state index contributed by atoms with van der Waals surface area (Å²) in [6, 6.07) is 9.43. The molecule has 1 aromatic carbocycles. The van der Waals surface area contributed by atoms with Crippen molar-refractivity contribution in [1.29, 1.82) is 0 Å². The Morgan fingerprint density at radius 2 is 2.05 bits per heavy atom. The molecule has 0 aliphatic rings. The molecule has 0 fully saturated rings. The van der Waals surface area contributed by atoms with Crippen molar-refractivity contribution in [3.8, 4) is 0 Å². The molecule has 21 heavy (non-hydrogen) atoms. The van der Waals surface area contributed by atoms with Crippen molar-refractivity contribution in [2.24, 2.45) is 18.7 Å². The molecule has 1 heterocycles. The van der Waals surface area contributed by atoms with E-state index in [0.717, 1.165) is 11.1 Å². The quantitative estimate of drug-likeness (QED) is 0.910. The molecular weight excluding hydrogens is 264 g/mol. The number of benzene rings is 1. The van der Waals surface area contributed by atoms with Gasteiger partial charge < -0.3 is 10.6 Å². The lowest BCUT2D eigenvalue weighted by Gasteiger charge is -2.25. The Labute approximate surface area is 125 Å². The van der Waals surface area contributed by atoms with Crippen LogP contribution in [0.5, 0.6) is 0 Å². The normalized spacial score (nSPS) is 13.7. The molecule has 0 aliphatic heterocycles. The van der Waals surface area contributed by atoms with Crippen molar-refractivity contribution in [2.45, 2.75) is 19.5 Å². The summed E-state index contributed by atoms with van der Waals surface area (Å²) in [4.78, 5) is 14.2. The van der Waals surface area contributed by atoms with Crippen LogP contribution in [0.15, 0.2) is 42.7 Å². The highest BCUT2D eigenvalue weighted by molar-refractivity contribution is 5.79. The summed E-state index contributed by atoms with van der Waals surface area (Å²) < 4.78 is 1.73. The predicted octanol–water partition coefficient (Wildman–Crippen LogP) is 1.71. The van der Waals surface area contributed by atoms with Gasteiger partial charge in [-0.2, -0.15) is 5.10 Å². The first kappa shape index (κ1) is 15.3. The van der Waals surface area contributed by atoms with Crippen LogP contribution in [0.2, 0.25) is 0 Å². The van der Waals surface area contributed by atoms with E-state index in [2.05, 4.69) is 5.10 Å². The molecule has 0 saturated carbocycles. The van der Waals surface area contributed by atoms with Gasteiger partial charge in [-0.25, -0.2) is 0 Å². The molecule has 5 heteroatoms. The summed E-state index contributed by atoms with van der Waals surface area (Å²) in [5.74, 6) is -0.232. The van der Waals surface area contributed by atoms with Crippen LogP contribution in [0.25, 0.3) is 0 Å². The van der Waals surface area contributed by atoms with E-state index in [4.69, 9.17) is 5.73 Å². The highest BCUT2D eigenvalue weighted by atomic mass is 16.2. The van der Waals surface area contributed by atoms with Crippen molar-refractivity contribution >= 4 is 5.91 Å². The minimum atomic E-state index is -0.296. The van der Waals surface area contributed by atoms with Crippen molar-refractivity contribution in [1.82, 2.24) is 14.7 Å². The SMILES string of the molecule is CC(C(=O)N(C)Cc1cnn(C)c1)C(N)c1ccccc1. The first-order valence-corrected chi connectivity index (χ1v) is 7.02. The lowest BCUT2D eigenvalue weighted by molar-refractivity contribution is -0.134. The molecule has 0 saturated heterocycles.